The van der Waals surface area contributed by atoms with Crippen LogP contribution in [0.1, 0.15) is 115 Å². The highest BCUT2D eigenvalue weighted by Crippen LogP contribution is 2.37. The summed E-state index contributed by atoms with van der Waals surface area (Å²) in [6.45, 7) is 8.33. The zero-order valence-electron chi connectivity index (χ0n) is 31.7. The Labute approximate surface area is 394 Å². The highest BCUT2D eigenvalue weighted by molar-refractivity contribution is 9.10. The Morgan fingerprint density at radius 1 is 0.531 bits per heavy atom. The normalized spacial score (nSPS) is 11.7. The van der Waals surface area contributed by atoms with Gasteiger partial charge in [-0.25, -0.2) is 0 Å². The predicted molar refractivity (Wildman–Crippen MR) is 277 cm³/mol. The van der Waals surface area contributed by atoms with E-state index in [2.05, 4.69) is 82.8 Å². The van der Waals surface area contributed by atoms with E-state index in [-0.39, 0.29) is 89.1 Å². The molecule has 14 heteroatoms. The highest BCUT2D eigenvalue weighted by Gasteiger charge is 2.50. The first-order chi connectivity index (χ1) is 26.7. The fourth-order valence-corrected chi connectivity index (χ4v) is 5.65. The molecule has 1 fully saturated rings. The third-order valence-electron chi connectivity index (χ3n) is 8.76. The molecule has 2 N–H and O–H groups in total. The number of hydrogen-bond donors (Lipinski definition) is 1. The van der Waals surface area contributed by atoms with Gasteiger partial charge in [0, 0.05) is 47.7 Å². The number of nitro groups is 2. The van der Waals surface area contributed by atoms with Crippen LogP contribution in [-0.2, 0) is 28.5 Å². The molecule has 3 aromatic carbocycles. The lowest BCUT2D eigenvalue weighted by Gasteiger charge is -2.32. The first-order valence-electron chi connectivity index (χ1n) is 17.7. The summed E-state index contributed by atoms with van der Waals surface area (Å²) in [5, 5.41) is 20.7. The molecular formula is C50H76BBrN6O6. The number of benzene rings is 3. The predicted octanol–water partition coefficient (Wildman–Crippen LogP) is 14.5. The van der Waals surface area contributed by atoms with Gasteiger partial charge in [0.05, 0.1) is 26.7 Å². The fraction of sp³-hybridized carbons (Fsp3) is 0.340. The number of rotatable bonds is 8. The molecule has 4 heterocycles. The molecule has 1 aliphatic rings. The number of nitrogens with zero attached hydrogens (tertiary/aromatic N) is 5. The summed E-state index contributed by atoms with van der Waals surface area (Å²) >= 11 is 3.06. The van der Waals surface area contributed by atoms with Crippen LogP contribution >= 0.6 is 15.9 Å². The Kier molecular flexibility index (Phi) is 34.5. The van der Waals surface area contributed by atoms with Crippen LogP contribution in [0.4, 0.5) is 17.1 Å². The molecule has 12 nitrogen and oxygen atoms in total. The van der Waals surface area contributed by atoms with E-state index in [9.17, 15) is 20.2 Å². The number of halogens is 1. The Hall–Kier alpha value is -5.83. The second-order valence-electron chi connectivity index (χ2n) is 13.8. The van der Waals surface area contributed by atoms with E-state index in [0.717, 1.165) is 35.1 Å². The minimum Gasteiger partial charge on any atom is -0.403 e. The van der Waals surface area contributed by atoms with Crippen molar-refractivity contribution in [3.8, 4) is 0 Å². The molecule has 1 saturated heterocycles. The summed E-state index contributed by atoms with van der Waals surface area (Å²) in [5.74, 6) is 0. The smallest absolute Gasteiger partial charge is 0.403 e. The first-order valence-corrected chi connectivity index (χ1v) is 18.5. The molecular weight excluding hydrogens is 871 g/mol. The lowest BCUT2D eigenvalue weighted by molar-refractivity contribution is -0.385. The van der Waals surface area contributed by atoms with Gasteiger partial charge in [-0.2, -0.15) is 0 Å². The summed E-state index contributed by atoms with van der Waals surface area (Å²) in [5.41, 5.74) is 11.6. The van der Waals surface area contributed by atoms with Gasteiger partial charge in [-0.05, 0) is 84.8 Å². The Bertz CT molecular complexity index is 2130. The van der Waals surface area contributed by atoms with Crippen LogP contribution in [0.25, 0.3) is 0 Å². The number of aromatic nitrogens is 3. The summed E-state index contributed by atoms with van der Waals surface area (Å²) in [6, 6.07) is 35.3. The molecule has 64 heavy (non-hydrogen) atoms. The van der Waals surface area contributed by atoms with E-state index in [1.807, 2.05) is 79.0 Å². The zero-order valence-corrected chi connectivity index (χ0v) is 33.3. The van der Waals surface area contributed by atoms with Gasteiger partial charge in [-0.3, -0.25) is 35.2 Å². The van der Waals surface area contributed by atoms with Crippen LogP contribution in [0.15, 0.2) is 151 Å². The van der Waals surface area contributed by atoms with E-state index in [1.54, 1.807) is 18.5 Å². The average Bonchev–Trinajstić information content (AvgIpc) is 3.38. The third-order valence-corrected chi connectivity index (χ3v) is 9.19. The first kappa shape index (κ1) is 67.3. The maximum absolute atomic E-state index is 10.6. The molecule has 0 unspecified atom stereocenters. The van der Waals surface area contributed by atoms with Crippen LogP contribution in [0.5, 0.6) is 0 Å². The molecule has 3 aromatic heterocycles. The largest absolute Gasteiger partial charge is 0.462 e. The number of nitrogen functional groups attached to an aromatic ring is 1. The van der Waals surface area contributed by atoms with Crippen molar-refractivity contribution in [1.29, 1.82) is 0 Å². The maximum Gasteiger partial charge on any atom is 0.462 e. The van der Waals surface area contributed by atoms with Crippen molar-refractivity contribution in [1.82, 2.24) is 15.0 Å². The van der Waals surface area contributed by atoms with Crippen molar-refractivity contribution in [3.63, 3.8) is 0 Å². The van der Waals surface area contributed by atoms with E-state index >= 15 is 0 Å². The zero-order chi connectivity index (χ0) is 40.6. The average molecular weight is 948 g/mol. The second-order valence-corrected chi connectivity index (χ2v) is 14.7. The summed E-state index contributed by atoms with van der Waals surface area (Å²) in [6.07, 6.45) is 11.5. The molecule has 0 saturated carbocycles. The monoisotopic (exact) mass is 947 g/mol. The van der Waals surface area contributed by atoms with Gasteiger partial charge in [-0.1, -0.05) is 156 Å². The number of anilines is 1. The Morgan fingerprint density at radius 2 is 0.891 bits per heavy atom. The summed E-state index contributed by atoms with van der Waals surface area (Å²) in [7, 11) is -0.132. The van der Waals surface area contributed by atoms with E-state index in [0.29, 0.717) is 10.9 Å². The minimum atomic E-state index is -0.488. The maximum atomic E-state index is 10.6. The summed E-state index contributed by atoms with van der Waals surface area (Å²) < 4.78 is 12.5. The molecule has 0 radical (unpaired) electrons. The van der Waals surface area contributed by atoms with E-state index in [1.165, 1.54) is 35.8 Å². The van der Waals surface area contributed by atoms with Gasteiger partial charge in [0.25, 0.3) is 11.4 Å². The molecule has 352 valence electrons. The van der Waals surface area contributed by atoms with Gasteiger partial charge in [-0.15, -0.1) is 0 Å². The number of nitrogens with two attached hydrogens (primary N) is 1. The molecule has 0 atom stereocenters. The topological polar surface area (TPSA) is 169 Å². The van der Waals surface area contributed by atoms with Gasteiger partial charge in [0.15, 0.2) is 0 Å². The van der Waals surface area contributed by atoms with E-state index in [4.69, 9.17) is 15.0 Å². The Balaban J connectivity index is -0.000000235. The number of pyridine rings is 3. The highest BCUT2D eigenvalue weighted by atomic mass is 79.9. The molecule has 1 aliphatic heterocycles. The molecule has 0 bridgehead atoms. The van der Waals surface area contributed by atoms with Gasteiger partial charge in [0.2, 0.25) is 0 Å². The third kappa shape index (κ3) is 22.5. The van der Waals surface area contributed by atoms with Gasteiger partial charge < -0.3 is 15.0 Å². The van der Waals surface area contributed by atoms with Crippen molar-refractivity contribution in [2.45, 2.75) is 117 Å². The van der Waals surface area contributed by atoms with Crippen LogP contribution in [0.3, 0.4) is 0 Å². The van der Waals surface area contributed by atoms with Crippen molar-refractivity contribution >= 4 is 40.1 Å². The quantitative estimate of drug-likeness (QED) is 0.0880. The molecule has 6 aromatic rings. The molecule has 7 rings (SSSR count). The van der Waals surface area contributed by atoms with Crippen molar-refractivity contribution in [2.75, 3.05) is 5.73 Å². The molecule has 0 amide bonds. The standard InChI is InChI=1S/C13H19BO2.C12H10N2O2.C12H12N2.C5H3BrN2O2.8CH4/c1-12(2)13(3,4)16-14(15-12)10-11-8-6-5-7-9-11;15-14(16)12-7-11(8-13-9-12)6-10-4-2-1-3-5-10;13-12-7-11(8-14-9-12)6-10-4-2-1-3-5-10;6-4-1-5(8(9)10)3-7-2-4;;;;;;;;/h5-9H,10H2,1-4H3;1-5,7-9H,6H2;1-5,7-9H,6,13H2;1-3H;8*1H4. The second kappa shape index (κ2) is 32.8. The van der Waals surface area contributed by atoms with Crippen LogP contribution in [0.2, 0.25) is 0 Å². The van der Waals surface area contributed by atoms with Gasteiger partial charge in [0.1, 0.15) is 12.4 Å². The van der Waals surface area contributed by atoms with Crippen molar-refractivity contribution < 1.29 is 19.2 Å². The van der Waals surface area contributed by atoms with Crippen molar-refractivity contribution in [3.05, 3.63) is 199 Å². The van der Waals surface area contributed by atoms with Crippen LogP contribution < -0.4 is 5.73 Å². The van der Waals surface area contributed by atoms with Gasteiger partial charge >= 0.3 is 7.12 Å². The minimum absolute atomic E-state index is 0. The SMILES string of the molecule is C.C.C.C.C.C.C.C.CC1(C)OB(Cc2ccccc2)OC1(C)C.Nc1cncc(Cc2ccccc2)c1.O=[N+]([O-])c1cncc(Br)c1.O=[N+]([O-])c1cncc(Cc2ccccc2)c1. The Morgan fingerprint density at radius 3 is 1.27 bits per heavy atom. The lowest BCUT2D eigenvalue weighted by Crippen LogP contribution is -2.41. The lowest BCUT2D eigenvalue weighted by atomic mass is 9.81. The number of hydrogen-bond acceptors (Lipinski definition) is 10. The van der Waals surface area contributed by atoms with Crippen LogP contribution in [0, 0.1) is 20.2 Å². The fourth-order valence-electron chi connectivity index (χ4n) is 5.29. The molecule has 0 aliphatic carbocycles. The van der Waals surface area contributed by atoms with Crippen molar-refractivity contribution in [2.24, 2.45) is 0 Å². The van der Waals surface area contributed by atoms with E-state index < -0.39 is 9.85 Å². The molecule has 0 spiro atoms. The van der Waals surface area contributed by atoms with Crippen LogP contribution in [-0.4, -0.2) is 43.1 Å². The summed E-state index contributed by atoms with van der Waals surface area (Å²) in [4.78, 5) is 31.3.